The number of nitrogens with zero attached hydrogens (tertiary/aromatic N) is 1. The van der Waals surface area contributed by atoms with Gasteiger partial charge in [0.15, 0.2) is 11.5 Å². The minimum atomic E-state index is -1.10. The quantitative estimate of drug-likeness (QED) is 0.434. The second-order valence-corrected chi connectivity index (χ2v) is 9.77. The van der Waals surface area contributed by atoms with Crippen molar-refractivity contribution in [3.63, 3.8) is 0 Å². The highest BCUT2D eigenvalue weighted by atomic mass is 35.5. The molecule has 0 saturated carbocycles. The second kappa shape index (κ2) is 10.2. The summed E-state index contributed by atoms with van der Waals surface area (Å²) >= 11 is 5.81. The van der Waals surface area contributed by atoms with Crippen molar-refractivity contribution in [1.82, 2.24) is 4.90 Å². The van der Waals surface area contributed by atoms with Crippen molar-refractivity contribution in [3.05, 3.63) is 93.3 Å². The molecular weight excluding hydrogens is 485 g/mol. The molecule has 0 aromatic heterocycles. The molecule has 6 nitrogen and oxygen atoms in total. The Morgan fingerprint density at radius 2 is 1.83 bits per heavy atom. The number of ether oxygens (including phenoxy) is 2. The summed E-state index contributed by atoms with van der Waals surface area (Å²) in [4.78, 5) is 26.3. The number of carboxylic acid groups (broad SMARTS) is 1. The van der Waals surface area contributed by atoms with Gasteiger partial charge in [-0.05, 0) is 49.2 Å². The Labute approximate surface area is 214 Å². The Balaban J connectivity index is 1.61. The highest BCUT2D eigenvalue weighted by Gasteiger charge is 2.38. The fraction of sp³-hybridized carbons (Fsp3) is 0.286. The lowest BCUT2D eigenvalue weighted by Gasteiger charge is -2.24. The van der Waals surface area contributed by atoms with E-state index in [1.165, 1.54) is 24.1 Å². The van der Waals surface area contributed by atoms with E-state index in [1.54, 1.807) is 18.2 Å². The zero-order chi connectivity index (χ0) is 26.0. The molecule has 4 rings (SSSR count). The van der Waals surface area contributed by atoms with Gasteiger partial charge in [0.05, 0.1) is 12.1 Å². The summed E-state index contributed by atoms with van der Waals surface area (Å²) in [5, 5.41) is 9.49. The van der Waals surface area contributed by atoms with Crippen LogP contribution in [0.15, 0.2) is 54.6 Å². The highest BCUT2D eigenvalue weighted by Crippen LogP contribution is 2.44. The first kappa shape index (κ1) is 25.5. The maximum Gasteiger partial charge on any atom is 0.323 e. The van der Waals surface area contributed by atoms with Gasteiger partial charge < -0.3 is 19.5 Å². The summed E-state index contributed by atoms with van der Waals surface area (Å²) in [6, 6.07) is 15.5. The minimum absolute atomic E-state index is 0.0564. The molecule has 1 N–H and O–H groups in total. The summed E-state index contributed by atoms with van der Waals surface area (Å²) in [6.07, 6.45) is 0.877. The lowest BCUT2D eigenvalue weighted by atomic mass is 9.91. The topological polar surface area (TPSA) is 76.1 Å². The molecule has 8 heteroatoms. The van der Waals surface area contributed by atoms with Crippen LogP contribution in [0.5, 0.6) is 11.5 Å². The molecule has 1 amide bonds. The second-order valence-electron chi connectivity index (χ2n) is 9.36. The molecule has 1 aliphatic rings. The molecule has 1 heterocycles. The number of carboxylic acids is 1. The molecule has 0 spiro atoms. The number of benzene rings is 3. The molecule has 1 atom stereocenters. The standard InChI is InChI=1S/C28H27ClFNO5/c1-17-4-6-18(7-5-17)15-31(16-25(32)33)27(34)20-11-21-14-28(2,36-26(21)24(12-20)35-3)13-19-8-9-22(29)23(30)10-19/h4-12H,13-16H2,1-3H3,(H,32,33)/t28-/m1/s1. The molecule has 36 heavy (non-hydrogen) atoms. The summed E-state index contributed by atoms with van der Waals surface area (Å²) in [5.41, 5.74) is 3.01. The third kappa shape index (κ3) is 5.62. The largest absolute Gasteiger partial charge is 0.493 e. The number of carbonyl (C=O) groups excluding carboxylic acids is 1. The molecule has 0 aliphatic carbocycles. The van der Waals surface area contributed by atoms with Crippen LogP contribution in [0.4, 0.5) is 4.39 Å². The fourth-order valence-corrected chi connectivity index (χ4v) is 4.62. The molecule has 0 radical (unpaired) electrons. The summed E-state index contributed by atoms with van der Waals surface area (Å²) in [6.45, 7) is 3.58. The number of fused-ring (bicyclic) bond motifs is 1. The van der Waals surface area contributed by atoms with Crippen molar-refractivity contribution in [2.75, 3.05) is 13.7 Å². The average molecular weight is 512 g/mol. The van der Waals surface area contributed by atoms with Crippen LogP contribution in [0.25, 0.3) is 0 Å². The van der Waals surface area contributed by atoms with Gasteiger partial charge in [-0.2, -0.15) is 0 Å². The molecule has 0 bridgehead atoms. The number of hydrogen-bond acceptors (Lipinski definition) is 4. The van der Waals surface area contributed by atoms with E-state index in [4.69, 9.17) is 21.1 Å². The van der Waals surface area contributed by atoms with Gasteiger partial charge in [0.25, 0.3) is 5.91 Å². The van der Waals surface area contributed by atoms with Gasteiger partial charge >= 0.3 is 5.97 Å². The Morgan fingerprint density at radius 3 is 2.47 bits per heavy atom. The zero-order valence-corrected chi connectivity index (χ0v) is 21.1. The first-order chi connectivity index (χ1) is 17.1. The van der Waals surface area contributed by atoms with Crippen LogP contribution in [0.1, 0.15) is 39.5 Å². The number of aliphatic carboxylic acids is 1. The van der Waals surface area contributed by atoms with Crippen molar-refractivity contribution in [2.45, 2.75) is 38.8 Å². The van der Waals surface area contributed by atoms with E-state index in [0.717, 1.165) is 22.3 Å². The molecule has 0 saturated heterocycles. The maximum absolute atomic E-state index is 14.0. The van der Waals surface area contributed by atoms with Crippen molar-refractivity contribution < 1.29 is 28.6 Å². The van der Waals surface area contributed by atoms with Crippen molar-refractivity contribution >= 4 is 23.5 Å². The number of hydrogen-bond donors (Lipinski definition) is 1. The third-order valence-corrected chi connectivity index (χ3v) is 6.49. The molecule has 188 valence electrons. The molecule has 3 aromatic carbocycles. The monoisotopic (exact) mass is 511 g/mol. The van der Waals surface area contributed by atoms with Gasteiger partial charge in [0, 0.05) is 30.5 Å². The summed E-state index contributed by atoms with van der Waals surface area (Å²) < 4.78 is 25.8. The van der Waals surface area contributed by atoms with Crippen LogP contribution in [-0.4, -0.2) is 41.1 Å². The lowest BCUT2D eigenvalue weighted by molar-refractivity contribution is -0.137. The van der Waals surface area contributed by atoms with E-state index in [0.29, 0.717) is 29.9 Å². The van der Waals surface area contributed by atoms with Crippen molar-refractivity contribution in [1.29, 1.82) is 0 Å². The third-order valence-electron chi connectivity index (χ3n) is 6.18. The Hall–Kier alpha value is -3.58. The van der Waals surface area contributed by atoms with Crippen molar-refractivity contribution in [3.8, 4) is 11.5 Å². The number of rotatable bonds is 8. The molecule has 1 aliphatic heterocycles. The number of carbonyl (C=O) groups is 2. The Morgan fingerprint density at radius 1 is 1.14 bits per heavy atom. The van der Waals surface area contributed by atoms with Crippen LogP contribution in [0.2, 0.25) is 5.02 Å². The molecular formula is C28H27ClFNO5. The van der Waals surface area contributed by atoms with E-state index in [-0.39, 0.29) is 11.6 Å². The van der Waals surface area contributed by atoms with E-state index in [1.807, 2.05) is 38.1 Å². The molecule has 3 aromatic rings. The zero-order valence-electron chi connectivity index (χ0n) is 20.3. The lowest BCUT2D eigenvalue weighted by Crippen LogP contribution is -2.35. The van der Waals surface area contributed by atoms with Crippen LogP contribution in [0, 0.1) is 12.7 Å². The minimum Gasteiger partial charge on any atom is -0.493 e. The van der Waals surface area contributed by atoms with Crippen LogP contribution in [-0.2, 0) is 24.2 Å². The number of halogens is 2. The van der Waals surface area contributed by atoms with Crippen LogP contribution in [0.3, 0.4) is 0 Å². The SMILES string of the molecule is COc1cc(C(=O)N(CC(=O)O)Cc2ccc(C)cc2)cc2c1O[C@](C)(Cc1ccc(Cl)c(F)c1)C2. The fourth-order valence-electron chi connectivity index (χ4n) is 4.51. The highest BCUT2D eigenvalue weighted by molar-refractivity contribution is 6.30. The van der Waals surface area contributed by atoms with Gasteiger partial charge in [0.1, 0.15) is 18.0 Å². The smallest absolute Gasteiger partial charge is 0.323 e. The summed E-state index contributed by atoms with van der Waals surface area (Å²) in [5.74, 6) is -1.12. The summed E-state index contributed by atoms with van der Waals surface area (Å²) in [7, 11) is 1.48. The predicted octanol–water partition coefficient (Wildman–Crippen LogP) is 5.46. The van der Waals surface area contributed by atoms with Gasteiger partial charge in [0.2, 0.25) is 0 Å². The first-order valence-electron chi connectivity index (χ1n) is 11.5. The maximum atomic E-state index is 14.0. The number of methoxy groups -OCH3 is 1. The van der Waals surface area contributed by atoms with E-state index in [9.17, 15) is 19.1 Å². The predicted molar refractivity (Wildman–Crippen MR) is 134 cm³/mol. The van der Waals surface area contributed by atoms with Gasteiger partial charge in [-0.1, -0.05) is 47.5 Å². The molecule has 0 unspecified atom stereocenters. The molecule has 0 fully saturated rings. The van der Waals surface area contributed by atoms with Gasteiger partial charge in [-0.3, -0.25) is 9.59 Å². The Bertz CT molecular complexity index is 1310. The number of aryl methyl sites for hydroxylation is 1. The normalized spacial score (nSPS) is 16.2. The van der Waals surface area contributed by atoms with E-state index in [2.05, 4.69) is 0 Å². The van der Waals surface area contributed by atoms with Crippen LogP contribution < -0.4 is 9.47 Å². The van der Waals surface area contributed by atoms with Crippen LogP contribution >= 0.6 is 11.6 Å². The average Bonchev–Trinajstić information content (AvgIpc) is 3.16. The first-order valence-corrected chi connectivity index (χ1v) is 11.8. The van der Waals surface area contributed by atoms with Gasteiger partial charge in [-0.15, -0.1) is 0 Å². The van der Waals surface area contributed by atoms with E-state index >= 15 is 0 Å². The number of amides is 1. The van der Waals surface area contributed by atoms with Gasteiger partial charge in [-0.25, -0.2) is 4.39 Å². The van der Waals surface area contributed by atoms with E-state index < -0.39 is 29.8 Å². The Kier molecular flexibility index (Phi) is 7.22. The van der Waals surface area contributed by atoms with Crippen molar-refractivity contribution in [2.24, 2.45) is 0 Å².